The molecule has 19 heavy (non-hydrogen) atoms. The van der Waals surface area contributed by atoms with Gasteiger partial charge in [-0.15, -0.1) is 0 Å². The fourth-order valence-electron chi connectivity index (χ4n) is 1.52. The molecule has 1 N–H and O–H groups in total. The van der Waals surface area contributed by atoms with Crippen molar-refractivity contribution in [2.45, 2.75) is 17.6 Å². The topological polar surface area (TPSA) is 24.9 Å². The zero-order chi connectivity index (χ0) is 13.8. The zero-order valence-electron chi connectivity index (χ0n) is 10.0. The van der Waals surface area contributed by atoms with Crippen LogP contribution >= 0.6 is 27.7 Å². The summed E-state index contributed by atoms with van der Waals surface area (Å²) in [4.78, 5) is 4.73. The maximum Gasteiger partial charge on any atom is 0.288 e. The Balaban J connectivity index is 2.27. The smallest absolute Gasteiger partial charge is 0.288 e. The number of nitrogens with zero attached hydrogens (tertiary/aromatic N) is 1. The van der Waals surface area contributed by atoms with Crippen molar-refractivity contribution in [1.82, 2.24) is 4.98 Å². The molecule has 2 rings (SSSR count). The van der Waals surface area contributed by atoms with Crippen molar-refractivity contribution in [3.8, 4) is 0 Å². The molecule has 2 nitrogen and oxygen atoms in total. The Morgan fingerprint density at radius 1 is 1.32 bits per heavy atom. The molecule has 1 heterocycles. The minimum atomic E-state index is -2.45. The molecule has 0 aliphatic carbocycles. The molecule has 6 heteroatoms. The maximum atomic E-state index is 12.5. The lowest BCUT2D eigenvalue weighted by molar-refractivity contribution is 0.252. The standard InChI is InChI=1S/C13H11BrF2N2S/c1-8-6-9(14)12(17-7-8)18-10-4-2-3-5-11(10)19-13(15)16/h2-7,13H,1H3,(H,17,18). The highest BCUT2D eigenvalue weighted by Gasteiger charge is 2.11. The molecule has 0 radical (unpaired) electrons. The fraction of sp³-hybridized carbons (Fsp3) is 0.154. The Labute approximate surface area is 122 Å². The monoisotopic (exact) mass is 344 g/mol. The van der Waals surface area contributed by atoms with Crippen LogP contribution in [-0.2, 0) is 0 Å². The number of nitrogens with one attached hydrogen (secondary N) is 1. The van der Waals surface area contributed by atoms with Crippen LogP contribution in [0.1, 0.15) is 5.56 Å². The second-order valence-corrected chi connectivity index (χ2v) is 5.73. The average molecular weight is 345 g/mol. The number of anilines is 2. The number of aryl methyl sites for hydroxylation is 1. The third-order valence-corrected chi connectivity index (χ3v) is 3.73. The molecule has 0 saturated carbocycles. The molecule has 100 valence electrons. The Morgan fingerprint density at radius 2 is 2.05 bits per heavy atom. The van der Waals surface area contributed by atoms with Gasteiger partial charge in [0.25, 0.3) is 5.76 Å². The number of rotatable bonds is 4. The number of benzene rings is 1. The summed E-state index contributed by atoms with van der Waals surface area (Å²) in [6.07, 6.45) is 1.72. The second kappa shape index (κ2) is 6.34. The molecule has 0 bridgehead atoms. The Morgan fingerprint density at radius 3 is 2.74 bits per heavy atom. The first kappa shape index (κ1) is 14.3. The summed E-state index contributed by atoms with van der Waals surface area (Å²) in [6, 6.07) is 8.84. The van der Waals surface area contributed by atoms with Gasteiger partial charge >= 0.3 is 0 Å². The van der Waals surface area contributed by atoms with Crippen LogP contribution in [0.15, 0.2) is 45.9 Å². The number of pyridine rings is 1. The van der Waals surface area contributed by atoms with E-state index in [9.17, 15) is 8.78 Å². The minimum absolute atomic E-state index is 0.492. The summed E-state index contributed by atoms with van der Waals surface area (Å²) >= 11 is 3.91. The Hall–Kier alpha value is -1.14. The first-order chi connectivity index (χ1) is 9.06. The third-order valence-electron chi connectivity index (χ3n) is 2.33. The fourth-order valence-corrected chi connectivity index (χ4v) is 2.68. The van der Waals surface area contributed by atoms with E-state index in [1.807, 2.05) is 13.0 Å². The van der Waals surface area contributed by atoms with Crippen molar-refractivity contribution >= 4 is 39.2 Å². The molecule has 0 aliphatic rings. The van der Waals surface area contributed by atoms with Gasteiger partial charge in [0.2, 0.25) is 0 Å². The number of hydrogen-bond donors (Lipinski definition) is 1. The van der Waals surface area contributed by atoms with Gasteiger partial charge in [-0.05, 0) is 46.6 Å². The van der Waals surface area contributed by atoms with E-state index in [-0.39, 0.29) is 0 Å². The van der Waals surface area contributed by atoms with E-state index in [1.165, 1.54) is 0 Å². The predicted octanol–water partition coefficient (Wildman–Crippen LogP) is 5.21. The van der Waals surface area contributed by atoms with E-state index in [0.717, 1.165) is 10.0 Å². The maximum absolute atomic E-state index is 12.5. The molecular formula is C13H11BrF2N2S. The summed E-state index contributed by atoms with van der Waals surface area (Å²) in [5, 5.41) is 3.06. The summed E-state index contributed by atoms with van der Waals surface area (Å²) < 4.78 is 25.8. The van der Waals surface area contributed by atoms with Crippen LogP contribution in [0.25, 0.3) is 0 Å². The van der Waals surface area contributed by atoms with Crippen LogP contribution < -0.4 is 5.32 Å². The van der Waals surface area contributed by atoms with Crippen molar-refractivity contribution in [3.63, 3.8) is 0 Å². The molecule has 0 fully saturated rings. The van der Waals surface area contributed by atoms with Gasteiger partial charge in [0.05, 0.1) is 10.2 Å². The highest BCUT2D eigenvalue weighted by Crippen LogP contribution is 2.34. The summed E-state index contributed by atoms with van der Waals surface area (Å²) in [7, 11) is 0. The van der Waals surface area contributed by atoms with E-state index in [0.29, 0.717) is 28.2 Å². The molecule has 1 aromatic heterocycles. The minimum Gasteiger partial charge on any atom is -0.338 e. The Kier molecular flexibility index (Phi) is 4.76. The van der Waals surface area contributed by atoms with E-state index < -0.39 is 5.76 Å². The lowest BCUT2D eigenvalue weighted by Gasteiger charge is -2.12. The van der Waals surface area contributed by atoms with Gasteiger partial charge < -0.3 is 5.32 Å². The van der Waals surface area contributed by atoms with Gasteiger partial charge in [-0.1, -0.05) is 23.9 Å². The number of thioether (sulfide) groups is 1. The SMILES string of the molecule is Cc1cnc(Nc2ccccc2SC(F)F)c(Br)c1. The second-order valence-electron chi connectivity index (χ2n) is 3.84. The van der Waals surface area contributed by atoms with Crippen LogP contribution in [-0.4, -0.2) is 10.7 Å². The molecule has 0 aliphatic heterocycles. The lowest BCUT2D eigenvalue weighted by Crippen LogP contribution is -1.97. The van der Waals surface area contributed by atoms with Gasteiger partial charge in [-0.2, -0.15) is 8.78 Å². The number of halogens is 3. The van der Waals surface area contributed by atoms with Gasteiger partial charge in [-0.25, -0.2) is 4.98 Å². The summed E-state index contributed by atoms with van der Waals surface area (Å²) in [5.41, 5.74) is 1.64. The highest BCUT2D eigenvalue weighted by atomic mass is 79.9. The predicted molar refractivity (Wildman–Crippen MR) is 78.3 cm³/mol. The molecular weight excluding hydrogens is 334 g/mol. The van der Waals surface area contributed by atoms with E-state index in [2.05, 4.69) is 26.2 Å². The molecule has 1 aromatic carbocycles. The molecule has 2 aromatic rings. The van der Waals surface area contributed by atoms with Gasteiger partial charge in [-0.3, -0.25) is 0 Å². The zero-order valence-corrected chi connectivity index (χ0v) is 12.4. The van der Waals surface area contributed by atoms with E-state index in [1.54, 1.807) is 30.5 Å². The van der Waals surface area contributed by atoms with Gasteiger partial charge in [0.15, 0.2) is 0 Å². The first-order valence-corrected chi connectivity index (χ1v) is 7.16. The molecule has 0 unspecified atom stereocenters. The highest BCUT2D eigenvalue weighted by molar-refractivity contribution is 9.10. The summed E-state index contributed by atoms with van der Waals surface area (Å²) in [5.74, 6) is -1.84. The van der Waals surface area contributed by atoms with Crippen LogP contribution in [0.5, 0.6) is 0 Å². The van der Waals surface area contributed by atoms with Crippen molar-refractivity contribution < 1.29 is 8.78 Å². The van der Waals surface area contributed by atoms with Gasteiger partial charge in [0.1, 0.15) is 5.82 Å². The number of aromatic nitrogens is 1. The Bertz CT molecular complexity index is 578. The molecule has 0 atom stereocenters. The van der Waals surface area contributed by atoms with Crippen molar-refractivity contribution in [2.75, 3.05) is 5.32 Å². The molecule has 0 saturated heterocycles. The van der Waals surface area contributed by atoms with E-state index in [4.69, 9.17) is 0 Å². The van der Waals surface area contributed by atoms with Crippen molar-refractivity contribution in [2.24, 2.45) is 0 Å². The number of hydrogen-bond acceptors (Lipinski definition) is 3. The normalized spacial score (nSPS) is 10.8. The summed E-state index contributed by atoms with van der Waals surface area (Å²) in [6.45, 7) is 1.93. The quantitative estimate of drug-likeness (QED) is 0.770. The van der Waals surface area contributed by atoms with E-state index >= 15 is 0 Å². The van der Waals surface area contributed by atoms with Crippen molar-refractivity contribution in [1.29, 1.82) is 0 Å². The molecule has 0 spiro atoms. The van der Waals surface area contributed by atoms with Crippen molar-refractivity contribution in [3.05, 3.63) is 46.6 Å². The van der Waals surface area contributed by atoms with Crippen LogP contribution in [0.3, 0.4) is 0 Å². The third kappa shape index (κ3) is 3.91. The number of alkyl halides is 2. The largest absolute Gasteiger partial charge is 0.338 e. The lowest BCUT2D eigenvalue weighted by atomic mass is 10.3. The van der Waals surface area contributed by atoms with Crippen LogP contribution in [0.4, 0.5) is 20.3 Å². The number of para-hydroxylation sites is 1. The average Bonchev–Trinajstić information content (AvgIpc) is 2.34. The van der Waals surface area contributed by atoms with Crippen LogP contribution in [0, 0.1) is 6.92 Å². The van der Waals surface area contributed by atoms with Crippen LogP contribution in [0.2, 0.25) is 0 Å². The molecule has 0 amide bonds. The first-order valence-electron chi connectivity index (χ1n) is 5.49. The van der Waals surface area contributed by atoms with Gasteiger partial charge in [0, 0.05) is 11.1 Å².